The number of carbonyl (C=O) groups is 1. The molecule has 6 nitrogen and oxygen atoms in total. The minimum atomic E-state index is -1.11. The molecule has 2 aromatic rings. The van der Waals surface area contributed by atoms with Crippen molar-refractivity contribution in [2.24, 2.45) is 0 Å². The standard InChI is InChI=1S/C14H10N2O4S/c17-14(18)7-5-10-4-6-12(11(9-10)16(19)20)21-13-3-1-2-8-15-13/h1-9H,(H,17,18)/b7-5+. The SMILES string of the molecule is O=C(O)/C=C/c1ccc(Sc2ccccn2)c([N+](=O)[O-])c1. The summed E-state index contributed by atoms with van der Waals surface area (Å²) in [7, 11) is 0. The van der Waals surface area contributed by atoms with E-state index in [0.717, 1.165) is 6.08 Å². The second-order valence-corrected chi connectivity index (χ2v) is 4.99. The molecule has 0 aliphatic rings. The average Bonchev–Trinajstić information content (AvgIpc) is 2.47. The summed E-state index contributed by atoms with van der Waals surface area (Å²) < 4.78 is 0. The zero-order chi connectivity index (χ0) is 15.2. The summed E-state index contributed by atoms with van der Waals surface area (Å²) in [6.07, 6.45) is 3.85. The number of aromatic nitrogens is 1. The maximum Gasteiger partial charge on any atom is 0.328 e. The van der Waals surface area contributed by atoms with Gasteiger partial charge in [0.2, 0.25) is 0 Å². The summed E-state index contributed by atoms with van der Waals surface area (Å²) in [4.78, 5) is 25.7. The maximum absolute atomic E-state index is 11.1. The second-order valence-electron chi connectivity index (χ2n) is 3.93. The Morgan fingerprint density at radius 3 is 2.76 bits per heavy atom. The fourth-order valence-corrected chi connectivity index (χ4v) is 2.41. The highest BCUT2D eigenvalue weighted by Gasteiger charge is 2.15. The molecule has 0 spiro atoms. The minimum Gasteiger partial charge on any atom is -0.478 e. The van der Waals surface area contributed by atoms with Crippen LogP contribution in [0.4, 0.5) is 5.69 Å². The molecular formula is C14H10N2O4S. The summed E-state index contributed by atoms with van der Waals surface area (Å²) in [5, 5.41) is 20.4. The number of nitro benzene ring substituents is 1. The molecule has 0 radical (unpaired) electrons. The lowest BCUT2D eigenvalue weighted by Crippen LogP contribution is -1.92. The fourth-order valence-electron chi connectivity index (χ4n) is 1.55. The Balaban J connectivity index is 2.33. The van der Waals surface area contributed by atoms with Crippen LogP contribution in [0.3, 0.4) is 0 Å². The van der Waals surface area contributed by atoms with E-state index in [1.807, 2.05) is 0 Å². The topological polar surface area (TPSA) is 93.3 Å². The molecule has 7 heteroatoms. The summed E-state index contributed by atoms with van der Waals surface area (Å²) in [5.74, 6) is -1.11. The first kappa shape index (κ1) is 14.7. The van der Waals surface area contributed by atoms with E-state index in [1.54, 1.807) is 36.5 Å². The van der Waals surface area contributed by atoms with Crippen LogP contribution in [0, 0.1) is 10.1 Å². The van der Waals surface area contributed by atoms with Crippen molar-refractivity contribution < 1.29 is 14.8 Å². The second kappa shape index (κ2) is 6.67. The van der Waals surface area contributed by atoms with Gasteiger partial charge in [-0.1, -0.05) is 23.9 Å². The molecule has 1 heterocycles. The molecule has 21 heavy (non-hydrogen) atoms. The number of hydrogen-bond acceptors (Lipinski definition) is 5. The van der Waals surface area contributed by atoms with Crippen molar-refractivity contribution in [3.05, 3.63) is 64.3 Å². The van der Waals surface area contributed by atoms with Crippen LogP contribution < -0.4 is 0 Å². The Morgan fingerprint density at radius 2 is 2.14 bits per heavy atom. The fraction of sp³-hybridized carbons (Fsp3) is 0. The van der Waals surface area contributed by atoms with Crippen LogP contribution in [-0.2, 0) is 4.79 Å². The number of aliphatic carboxylic acids is 1. The molecule has 0 saturated heterocycles. The number of pyridine rings is 1. The first-order valence-corrected chi connectivity index (χ1v) is 6.66. The summed E-state index contributed by atoms with van der Waals surface area (Å²) in [6, 6.07) is 9.86. The van der Waals surface area contributed by atoms with E-state index in [-0.39, 0.29) is 5.69 Å². The quantitative estimate of drug-likeness (QED) is 0.517. The van der Waals surface area contributed by atoms with E-state index in [1.165, 1.54) is 23.9 Å². The van der Waals surface area contributed by atoms with Crippen LogP contribution in [0.25, 0.3) is 6.08 Å². The maximum atomic E-state index is 11.1. The van der Waals surface area contributed by atoms with Gasteiger partial charge < -0.3 is 5.11 Å². The van der Waals surface area contributed by atoms with Gasteiger partial charge in [-0.15, -0.1) is 0 Å². The highest BCUT2D eigenvalue weighted by molar-refractivity contribution is 7.99. The summed E-state index contributed by atoms with van der Waals surface area (Å²) in [5.41, 5.74) is 0.368. The van der Waals surface area contributed by atoms with Crippen LogP contribution >= 0.6 is 11.8 Å². The molecule has 0 fully saturated rings. The van der Waals surface area contributed by atoms with Crippen molar-refractivity contribution >= 4 is 29.5 Å². The van der Waals surface area contributed by atoms with Crippen LogP contribution in [0.15, 0.2) is 58.6 Å². The lowest BCUT2D eigenvalue weighted by Gasteiger charge is -2.03. The minimum absolute atomic E-state index is 0.0850. The number of carboxylic acids is 1. The zero-order valence-corrected chi connectivity index (χ0v) is 11.5. The van der Waals surface area contributed by atoms with Crippen LogP contribution in [-0.4, -0.2) is 21.0 Å². The molecule has 2 rings (SSSR count). The predicted molar refractivity (Wildman–Crippen MR) is 78.1 cm³/mol. The Labute approximate surface area is 124 Å². The van der Waals surface area contributed by atoms with Crippen molar-refractivity contribution in [1.29, 1.82) is 0 Å². The van der Waals surface area contributed by atoms with Crippen molar-refractivity contribution in [2.75, 3.05) is 0 Å². The molecule has 1 aromatic carbocycles. The number of benzene rings is 1. The molecule has 0 aliphatic heterocycles. The largest absolute Gasteiger partial charge is 0.478 e. The normalized spacial score (nSPS) is 10.7. The van der Waals surface area contributed by atoms with Gasteiger partial charge in [-0.05, 0) is 29.8 Å². The third kappa shape index (κ3) is 4.15. The molecule has 1 N–H and O–H groups in total. The van der Waals surface area contributed by atoms with E-state index >= 15 is 0 Å². The molecule has 0 aliphatic carbocycles. The van der Waals surface area contributed by atoms with E-state index in [9.17, 15) is 14.9 Å². The van der Waals surface area contributed by atoms with E-state index in [0.29, 0.717) is 15.5 Å². The van der Waals surface area contributed by atoms with Gasteiger partial charge in [0.05, 0.1) is 9.82 Å². The van der Waals surface area contributed by atoms with Gasteiger partial charge in [0, 0.05) is 18.3 Å². The first-order valence-electron chi connectivity index (χ1n) is 5.84. The molecule has 0 saturated carbocycles. The monoisotopic (exact) mass is 302 g/mol. The van der Waals surface area contributed by atoms with Crippen LogP contribution in [0.2, 0.25) is 0 Å². The first-order chi connectivity index (χ1) is 10.1. The highest BCUT2D eigenvalue weighted by Crippen LogP contribution is 2.34. The van der Waals surface area contributed by atoms with Gasteiger partial charge in [0.15, 0.2) is 0 Å². The molecule has 106 valence electrons. The van der Waals surface area contributed by atoms with Gasteiger partial charge in [0.1, 0.15) is 5.03 Å². The lowest BCUT2D eigenvalue weighted by atomic mass is 10.2. The van der Waals surface area contributed by atoms with Gasteiger partial charge >= 0.3 is 5.97 Å². The van der Waals surface area contributed by atoms with Crippen LogP contribution in [0.5, 0.6) is 0 Å². The number of nitro groups is 1. The average molecular weight is 302 g/mol. The van der Waals surface area contributed by atoms with E-state index in [2.05, 4.69) is 4.98 Å². The summed E-state index contributed by atoms with van der Waals surface area (Å²) >= 11 is 1.18. The molecule has 1 aromatic heterocycles. The van der Waals surface area contributed by atoms with Gasteiger partial charge in [-0.3, -0.25) is 10.1 Å². The van der Waals surface area contributed by atoms with Crippen molar-refractivity contribution in [2.45, 2.75) is 9.92 Å². The van der Waals surface area contributed by atoms with E-state index < -0.39 is 10.9 Å². The highest BCUT2D eigenvalue weighted by atomic mass is 32.2. The third-order valence-electron chi connectivity index (χ3n) is 2.45. The Bertz CT molecular complexity index is 701. The molecule has 0 bridgehead atoms. The van der Waals surface area contributed by atoms with Crippen molar-refractivity contribution in [1.82, 2.24) is 4.98 Å². The predicted octanol–water partition coefficient (Wildman–Crippen LogP) is 3.24. The number of carboxylic acid groups (broad SMARTS) is 1. The number of rotatable bonds is 5. The number of hydrogen-bond donors (Lipinski definition) is 1. The Hall–Kier alpha value is -2.67. The number of nitrogens with zero attached hydrogens (tertiary/aromatic N) is 2. The van der Waals surface area contributed by atoms with Crippen molar-refractivity contribution in [3.63, 3.8) is 0 Å². The van der Waals surface area contributed by atoms with Gasteiger partial charge in [0.25, 0.3) is 5.69 Å². The van der Waals surface area contributed by atoms with Gasteiger partial charge in [-0.25, -0.2) is 9.78 Å². The molecular weight excluding hydrogens is 292 g/mol. The van der Waals surface area contributed by atoms with Gasteiger partial charge in [-0.2, -0.15) is 0 Å². The summed E-state index contributed by atoms with van der Waals surface area (Å²) in [6.45, 7) is 0. The molecule has 0 unspecified atom stereocenters. The third-order valence-corrected chi connectivity index (χ3v) is 3.47. The van der Waals surface area contributed by atoms with E-state index in [4.69, 9.17) is 5.11 Å². The zero-order valence-electron chi connectivity index (χ0n) is 10.7. The molecule has 0 amide bonds. The van der Waals surface area contributed by atoms with Crippen LogP contribution in [0.1, 0.15) is 5.56 Å². The smallest absolute Gasteiger partial charge is 0.328 e. The lowest BCUT2D eigenvalue weighted by molar-refractivity contribution is -0.387. The Kier molecular flexibility index (Phi) is 4.68. The molecule has 0 atom stereocenters. The Morgan fingerprint density at radius 1 is 1.33 bits per heavy atom. The van der Waals surface area contributed by atoms with Crippen molar-refractivity contribution in [3.8, 4) is 0 Å².